The minimum absolute atomic E-state index is 0.651. The second kappa shape index (κ2) is 4.51. The van der Waals surface area contributed by atoms with Gasteiger partial charge in [0.1, 0.15) is 0 Å². The van der Waals surface area contributed by atoms with Gasteiger partial charge in [-0.25, -0.2) is 4.98 Å². The summed E-state index contributed by atoms with van der Waals surface area (Å²) in [4.78, 5) is 7.48. The van der Waals surface area contributed by atoms with Crippen molar-refractivity contribution < 1.29 is 4.74 Å². The molecule has 2 aromatic rings. The number of hydrogen-bond acceptors (Lipinski definition) is 3. The highest BCUT2D eigenvalue weighted by atomic mass is 35.5. The van der Waals surface area contributed by atoms with Crippen molar-refractivity contribution >= 4 is 28.6 Å². The number of nitrogens with one attached hydrogen (secondary N) is 2. The van der Waals surface area contributed by atoms with E-state index in [1.54, 1.807) is 7.11 Å². The third-order valence-corrected chi connectivity index (χ3v) is 2.28. The van der Waals surface area contributed by atoms with Gasteiger partial charge in [0.25, 0.3) is 0 Å². The molecule has 0 amide bonds. The van der Waals surface area contributed by atoms with E-state index < -0.39 is 0 Å². The van der Waals surface area contributed by atoms with Crippen LogP contribution in [0.25, 0.3) is 11.0 Å². The average Bonchev–Trinajstić information content (AvgIpc) is 2.60. The number of nitrogens with zero attached hydrogens (tertiary/aromatic N) is 1. The van der Waals surface area contributed by atoms with Crippen molar-refractivity contribution in [2.24, 2.45) is 0 Å². The first kappa shape index (κ1) is 10.3. The van der Waals surface area contributed by atoms with E-state index in [0.29, 0.717) is 11.6 Å². The molecule has 0 radical (unpaired) electrons. The monoisotopic (exact) mass is 225 g/mol. The maximum absolute atomic E-state index is 5.87. The van der Waals surface area contributed by atoms with Crippen LogP contribution >= 0.6 is 11.6 Å². The van der Waals surface area contributed by atoms with Crippen LogP contribution in [-0.4, -0.2) is 30.2 Å². The standard InChI is InChI=1S/C10H12ClN3O/c1-15-5-4-12-10-13-8-3-2-7(11)6-9(8)14-10/h2-3,6H,4-5H2,1H3,(H2,12,13,14). The molecule has 5 heteroatoms. The smallest absolute Gasteiger partial charge is 0.201 e. The lowest BCUT2D eigenvalue weighted by Crippen LogP contribution is -2.08. The maximum atomic E-state index is 5.87. The van der Waals surface area contributed by atoms with Gasteiger partial charge < -0.3 is 15.0 Å². The van der Waals surface area contributed by atoms with E-state index in [9.17, 15) is 0 Å². The summed E-state index contributed by atoms with van der Waals surface area (Å²) in [6.07, 6.45) is 0. The Balaban J connectivity index is 2.16. The molecule has 1 aromatic carbocycles. The number of aromatic amines is 1. The van der Waals surface area contributed by atoms with E-state index in [4.69, 9.17) is 16.3 Å². The summed E-state index contributed by atoms with van der Waals surface area (Å²) in [5.74, 6) is 0.740. The summed E-state index contributed by atoms with van der Waals surface area (Å²) < 4.78 is 4.93. The molecule has 0 fully saturated rings. The van der Waals surface area contributed by atoms with Gasteiger partial charge in [0.05, 0.1) is 17.6 Å². The molecule has 0 unspecified atom stereocenters. The van der Waals surface area contributed by atoms with Gasteiger partial charge in [-0.15, -0.1) is 0 Å². The summed E-state index contributed by atoms with van der Waals surface area (Å²) >= 11 is 5.87. The number of anilines is 1. The predicted octanol–water partition coefficient (Wildman–Crippen LogP) is 2.27. The fraction of sp³-hybridized carbons (Fsp3) is 0.300. The number of imidazole rings is 1. The Labute approximate surface area is 92.6 Å². The summed E-state index contributed by atoms with van der Waals surface area (Å²) in [5.41, 5.74) is 1.83. The fourth-order valence-corrected chi connectivity index (χ4v) is 1.51. The van der Waals surface area contributed by atoms with Crippen molar-refractivity contribution in [1.29, 1.82) is 0 Å². The normalized spacial score (nSPS) is 10.8. The molecule has 4 nitrogen and oxygen atoms in total. The van der Waals surface area contributed by atoms with Crippen LogP contribution in [0.4, 0.5) is 5.95 Å². The average molecular weight is 226 g/mol. The van der Waals surface area contributed by atoms with Gasteiger partial charge in [0, 0.05) is 18.7 Å². The zero-order chi connectivity index (χ0) is 10.7. The number of halogens is 1. The first-order valence-electron chi connectivity index (χ1n) is 4.67. The first-order chi connectivity index (χ1) is 7.29. The molecule has 0 bridgehead atoms. The lowest BCUT2D eigenvalue weighted by atomic mass is 10.3. The van der Waals surface area contributed by atoms with E-state index >= 15 is 0 Å². The van der Waals surface area contributed by atoms with E-state index in [-0.39, 0.29) is 0 Å². The van der Waals surface area contributed by atoms with Crippen LogP contribution in [0.1, 0.15) is 0 Å². The molecule has 0 saturated heterocycles. The van der Waals surface area contributed by atoms with Gasteiger partial charge in [-0.1, -0.05) is 11.6 Å². The third kappa shape index (κ3) is 2.40. The van der Waals surface area contributed by atoms with Crippen LogP contribution < -0.4 is 5.32 Å². The quantitative estimate of drug-likeness (QED) is 0.785. The van der Waals surface area contributed by atoms with Gasteiger partial charge in [-0.2, -0.15) is 0 Å². The van der Waals surface area contributed by atoms with E-state index in [2.05, 4.69) is 15.3 Å². The Morgan fingerprint density at radius 1 is 1.53 bits per heavy atom. The van der Waals surface area contributed by atoms with Crippen molar-refractivity contribution in [2.45, 2.75) is 0 Å². The molecule has 15 heavy (non-hydrogen) atoms. The van der Waals surface area contributed by atoms with Gasteiger partial charge >= 0.3 is 0 Å². The number of rotatable bonds is 4. The minimum Gasteiger partial charge on any atom is -0.383 e. The summed E-state index contributed by atoms with van der Waals surface area (Å²) in [6, 6.07) is 5.56. The molecular formula is C10H12ClN3O. The van der Waals surface area contributed by atoms with Crippen LogP contribution in [0.15, 0.2) is 18.2 Å². The lowest BCUT2D eigenvalue weighted by Gasteiger charge is -1.99. The molecule has 0 aliphatic heterocycles. The van der Waals surface area contributed by atoms with Crippen LogP contribution in [0.3, 0.4) is 0 Å². The lowest BCUT2D eigenvalue weighted by molar-refractivity contribution is 0.210. The Morgan fingerprint density at radius 3 is 3.20 bits per heavy atom. The van der Waals surface area contributed by atoms with Crippen LogP contribution in [-0.2, 0) is 4.74 Å². The van der Waals surface area contributed by atoms with Gasteiger partial charge in [0.2, 0.25) is 5.95 Å². The van der Waals surface area contributed by atoms with Crippen molar-refractivity contribution in [1.82, 2.24) is 9.97 Å². The number of benzene rings is 1. The Hall–Kier alpha value is -1.26. The molecule has 0 saturated carbocycles. The van der Waals surface area contributed by atoms with Gasteiger partial charge in [-0.3, -0.25) is 0 Å². The zero-order valence-corrected chi connectivity index (χ0v) is 9.14. The van der Waals surface area contributed by atoms with E-state index in [1.807, 2.05) is 18.2 Å². The maximum Gasteiger partial charge on any atom is 0.201 e. The minimum atomic E-state index is 0.651. The Morgan fingerprint density at radius 2 is 2.40 bits per heavy atom. The van der Waals surface area contributed by atoms with Crippen LogP contribution in [0.2, 0.25) is 5.02 Å². The van der Waals surface area contributed by atoms with Crippen LogP contribution in [0, 0.1) is 0 Å². The molecule has 1 heterocycles. The molecule has 0 atom stereocenters. The largest absolute Gasteiger partial charge is 0.383 e. The summed E-state index contributed by atoms with van der Waals surface area (Å²) in [7, 11) is 1.67. The number of ether oxygens (including phenoxy) is 1. The second-order valence-corrected chi connectivity index (χ2v) is 3.60. The van der Waals surface area contributed by atoms with Crippen molar-refractivity contribution in [2.75, 3.05) is 25.6 Å². The highest BCUT2D eigenvalue weighted by Crippen LogP contribution is 2.18. The summed E-state index contributed by atoms with van der Waals surface area (Å²) in [5, 5.41) is 3.82. The van der Waals surface area contributed by atoms with E-state index in [0.717, 1.165) is 23.5 Å². The number of hydrogen-bond donors (Lipinski definition) is 2. The van der Waals surface area contributed by atoms with E-state index in [1.165, 1.54) is 0 Å². The number of aromatic nitrogens is 2. The second-order valence-electron chi connectivity index (χ2n) is 3.17. The van der Waals surface area contributed by atoms with Crippen molar-refractivity contribution in [3.63, 3.8) is 0 Å². The molecule has 80 valence electrons. The Kier molecular flexibility index (Phi) is 3.08. The Bertz CT molecular complexity index is 455. The van der Waals surface area contributed by atoms with Crippen molar-refractivity contribution in [3.05, 3.63) is 23.2 Å². The molecule has 0 aliphatic carbocycles. The van der Waals surface area contributed by atoms with Crippen molar-refractivity contribution in [3.8, 4) is 0 Å². The fourth-order valence-electron chi connectivity index (χ4n) is 1.34. The molecular weight excluding hydrogens is 214 g/mol. The zero-order valence-electron chi connectivity index (χ0n) is 8.38. The highest BCUT2D eigenvalue weighted by molar-refractivity contribution is 6.31. The molecule has 0 spiro atoms. The molecule has 1 aromatic heterocycles. The molecule has 2 N–H and O–H groups in total. The number of fused-ring (bicyclic) bond motifs is 1. The van der Waals surface area contributed by atoms with Crippen LogP contribution in [0.5, 0.6) is 0 Å². The molecule has 2 rings (SSSR count). The van der Waals surface area contributed by atoms with Gasteiger partial charge in [0.15, 0.2) is 0 Å². The summed E-state index contributed by atoms with van der Waals surface area (Å²) in [6.45, 7) is 1.38. The first-order valence-corrected chi connectivity index (χ1v) is 5.05. The molecule has 0 aliphatic rings. The van der Waals surface area contributed by atoms with Gasteiger partial charge in [-0.05, 0) is 18.2 Å². The SMILES string of the molecule is COCCNc1nc2ccc(Cl)cc2[nH]1. The number of methoxy groups -OCH3 is 1. The topological polar surface area (TPSA) is 49.9 Å². The highest BCUT2D eigenvalue weighted by Gasteiger charge is 2.01. The predicted molar refractivity (Wildman–Crippen MR) is 61.5 cm³/mol. The third-order valence-electron chi connectivity index (χ3n) is 2.04. The number of H-pyrrole nitrogens is 1.